The Labute approximate surface area is 242 Å². The predicted molar refractivity (Wildman–Crippen MR) is 166 cm³/mol. The van der Waals surface area contributed by atoms with E-state index in [1.165, 1.54) is 4.79 Å². The van der Waals surface area contributed by atoms with Gasteiger partial charge in [0.25, 0.3) is 11.8 Å². The van der Waals surface area contributed by atoms with E-state index in [9.17, 15) is 9.59 Å². The molecular formula is C36H24N4O2. The third-order valence-electron chi connectivity index (χ3n) is 7.32. The van der Waals surface area contributed by atoms with Crippen molar-refractivity contribution >= 4 is 33.4 Å². The fourth-order valence-electron chi connectivity index (χ4n) is 5.21. The van der Waals surface area contributed by atoms with Gasteiger partial charge in [0, 0.05) is 22.3 Å². The van der Waals surface area contributed by atoms with Gasteiger partial charge in [-0.15, -0.1) is 9.89 Å². The average Bonchev–Trinajstić information content (AvgIpc) is 3.49. The van der Waals surface area contributed by atoms with Crippen LogP contribution in [0.2, 0.25) is 0 Å². The molecule has 0 saturated carbocycles. The highest BCUT2D eigenvalue weighted by atomic mass is 16.2. The fraction of sp³-hybridized carbons (Fsp3) is 0. The number of hydrogen-bond acceptors (Lipinski definition) is 4. The summed E-state index contributed by atoms with van der Waals surface area (Å²) in [7, 11) is 0. The Hall–Kier alpha value is -5.88. The maximum Gasteiger partial charge on any atom is 0.281 e. The third-order valence-corrected chi connectivity index (χ3v) is 7.32. The third kappa shape index (κ3) is 4.51. The predicted octanol–water partition coefficient (Wildman–Crippen LogP) is 7.54. The summed E-state index contributed by atoms with van der Waals surface area (Å²) in [5, 5.41) is 13.8. The second kappa shape index (κ2) is 10.6. The van der Waals surface area contributed by atoms with Crippen LogP contribution in [0.5, 0.6) is 0 Å². The van der Waals surface area contributed by atoms with Crippen molar-refractivity contribution in [3.63, 3.8) is 0 Å². The van der Waals surface area contributed by atoms with Crippen LogP contribution in [0.15, 0.2) is 146 Å². The molecule has 0 spiro atoms. The van der Waals surface area contributed by atoms with Gasteiger partial charge in [-0.3, -0.25) is 9.59 Å². The van der Waals surface area contributed by atoms with Gasteiger partial charge in [-0.05, 0) is 51.0 Å². The first-order chi connectivity index (χ1) is 20.7. The molecule has 6 aromatic carbocycles. The van der Waals surface area contributed by atoms with Crippen LogP contribution in [-0.4, -0.2) is 26.9 Å². The van der Waals surface area contributed by atoms with Crippen molar-refractivity contribution in [2.45, 2.75) is 0 Å². The van der Waals surface area contributed by atoms with Gasteiger partial charge in [-0.1, -0.05) is 121 Å². The molecule has 200 valence electrons. The summed E-state index contributed by atoms with van der Waals surface area (Å²) < 4.78 is 0. The molecule has 6 nitrogen and oxygen atoms in total. The second-order valence-corrected chi connectivity index (χ2v) is 9.95. The Morgan fingerprint density at radius 3 is 1.48 bits per heavy atom. The number of benzene rings is 6. The number of fused-ring (bicyclic) bond motifs is 2. The summed E-state index contributed by atoms with van der Waals surface area (Å²) in [6.07, 6.45) is 0. The minimum Gasteiger partial charge on any atom is -0.267 e. The highest BCUT2D eigenvalue weighted by Gasteiger charge is 2.31. The molecule has 0 fully saturated rings. The standard InChI is InChI=1S/C36H24N4O2/c41-35(31-21-19-25-11-7-9-17-29(25)23-31)39(36(42)32-22-20-26-12-8-10-18-30(26)24-32)40-34(28-15-5-2-6-16-28)33(37-38-40)27-13-3-1-4-14-27/h1-24H. The van der Waals surface area contributed by atoms with Crippen LogP contribution in [0.25, 0.3) is 44.1 Å². The van der Waals surface area contributed by atoms with Gasteiger partial charge in [0.1, 0.15) is 11.4 Å². The van der Waals surface area contributed by atoms with E-state index in [0.717, 1.165) is 37.7 Å². The molecule has 1 heterocycles. The zero-order valence-electron chi connectivity index (χ0n) is 22.5. The summed E-state index contributed by atoms with van der Waals surface area (Å²) in [5.74, 6) is -1.03. The second-order valence-electron chi connectivity index (χ2n) is 9.95. The number of rotatable bonds is 5. The van der Waals surface area contributed by atoms with E-state index in [1.807, 2.05) is 121 Å². The molecule has 7 aromatic rings. The van der Waals surface area contributed by atoms with Crippen LogP contribution >= 0.6 is 0 Å². The first-order valence-corrected chi connectivity index (χ1v) is 13.6. The molecule has 0 N–H and O–H groups in total. The number of carbonyl (C=O) groups is 2. The molecule has 0 aliphatic rings. The average molecular weight is 545 g/mol. The monoisotopic (exact) mass is 544 g/mol. The topological polar surface area (TPSA) is 68.1 Å². The van der Waals surface area contributed by atoms with Crippen LogP contribution in [0.1, 0.15) is 20.7 Å². The quantitative estimate of drug-likeness (QED) is 0.210. The molecule has 6 heteroatoms. The van der Waals surface area contributed by atoms with Crippen LogP contribution in [-0.2, 0) is 0 Å². The van der Waals surface area contributed by atoms with Gasteiger partial charge in [-0.2, -0.15) is 5.01 Å². The van der Waals surface area contributed by atoms with E-state index >= 15 is 0 Å². The van der Waals surface area contributed by atoms with E-state index in [1.54, 1.807) is 24.3 Å². The molecule has 0 bridgehead atoms. The van der Waals surface area contributed by atoms with Crippen LogP contribution in [0, 0.1) is 0 Å². The minimum atomic E-state index is -0.513. The summed E-state index contributed by atoms with van der Waals surface area (Å²) in [4.78, 5) is 30.2. The van der Waals surface area contributed by atoms with E-state index in [4.69, 9.17) is 0 Å². The van der Waals surface area contributed by atoms with Crippen molar-refractivity contribution < 1.29 is 9.59 Å². The molecule has 0 unspecified atom stereocenters. The van der Waals surface area contributed by atoms with E-state index in [0.29, 0.717) is 22.5 Å². The van der Waals surface area contributed by atoms with Crippen LogP contribution in [0.3, 0.4) is 0 Å². The van der Waals surface area contributed by atoms with Crippen molar-refractivity contribution in [2.75, 3.05) is 5.01 Å². The van der Waals surface area contributed by atoms with Crippen molar-refractivity contribution in [3.8, 4) is 22.5 Å². The Morgan fingerprint density at radius 1 is 0.500 bits per heavy atom. The molecule has 0 aliphatic heterocycles. The van der Waals surface area contributed by atoms with Gasteiger partial charge in [0.2, 0.25) is 0 Å². The lowest BCUT2D eigenvalue weighted by Crippen LogP contribution is -2.46. The summed E-state index contributed by atoms with van der Waals surface area (Å²) >= 11 is 0. The Balaban J connectivity index is 1.44. The highest BCUT2D eigenvalue weighted by molar-refractivity contribution is 6.22. The molecule has 0 atom stereocenters. The Morgan fingerprint density at radius 2 is 0.952 bits per heavy atom. The zero-order chi connectivity index (χ0) is 28.5. The van der Waals surface area contributed by atoms with E-state index in [2.05, 4.69) is 10.3 Å². The molecule has 0 saturated heterocycles. The smallest absolute Gasteiger partial charge is 0.267 e. The fourth-order valence-corrected chi connectivity index (χ4v) is 5.21. The minimum absolute atomic E-state index is 0.360. The SMILES string of the molecule is O=C(c1ccc2ccccc2c1)N(C(=O)c1ccc2ccccc2c1)n1nnc(-c2ccccc2)c1-c1ccccc1. The van der Waals surface area contributed by atoms with Crippen molar-refractivity contribution in [3.05, 3.63) is 157 Å². The lowest BCUT2D eigenvalue weighted by Gasteiger charge is -2.23. The zero-order valence-corrected chi connectivity index (χ0v) is 22.5. The maximum atomic E-state index is 14.4. The molecular weight excluding hydrogens is 520 g/mol. The number of amides is 2. The normalized spacial score (nSPS) is 11.0. The van der Waals surface area contributed by atoms with Crippen molar-refractivity contribution in [2.24, 2.45) is 0 Å². The molecule has 2 amide bonds. The van der Waals surface area contributed by atoms with Gasteiger partial charge in [-0.25, -0.2) is 0 Å². The van der Waals surface area contributed by atoms with E-state index in [-0.39, 0.29) is 0 Å². The number of aromatic nitrogens is 3. The lowest BCUT2D eigenvalue weighted by molar-refractivity contribution is 0.0849. The first kappa shape index (κ1) is 25.1. The number of imide groups is 1. The van der Waals surface area contributed by atoms with Crippen molar-refractivity contribution in [1.82, 2.24) is 15.1 Å². The molecule has 0 radical (unpaired) electrons. The molecule has 42 heavy (non-hydrogen) atoms. The lowest BCUT2D eigenvalue weighted by atomic mass is 10.0. The van der Waals surface area contributed by atoms with Gasteiger partial charge in [0.05, 0.1) is 0 Å². The number of hydrogen-bond donors (Lipinski definition) is 0. The number of nitrogens with zero attached hydrogens (tertiary/aromatic N) is 4. The molecule has 7 rings (SSSR count). The largest absolute Gasteiger partial charge is 0.281 e. The summed E-state index contributed by atoms with van der Waals surface area (Å²) in [6, 6.07) is 45.6. The van der Waals surface area contributed by atoms with Gasteiger partial charge < -0.3 is 0 Å². The number of carbonyl (C=O) groups excluding carboxylic acids is 2. The Bertz CT molecular complexity index is 1990. The van der Waals surface area contributed by atoms with Crippen LogP contribution < -0.4 is 5.01 Å². The van der Waals surface area contributed by atoms with Gasteiger partial charge >= 0.3 is 0 Å². The van der Waals surface area contributed by atoms with Gasteiger partial charge in [0.15, 0.2) is 0 Å². The Kier molecular flexibility index (Phi) is 6.33. The maximum absolute atomic E-state index is 14.4. The van der Waals surface area contributed by atoms with E-state index < -0.39 is 11.8 Å². The summed E-state index contributed by atoms with van der Waals surface area (Å²) in [5.41, 5.74) is 3.40. The molecule has 1 aromatic heterocycles. The van der Waals surface area contributed by atoms with Crippen LogP contribution in [0.4, 0.5) is 0 Å². The summed E-state index contributed by atoms with van der Waals surface area (Å²) in [6.45, 7) is 0. The first-order valence-electron chi connectivity index (χ1n) is 13.6. The molecule has 0 aliphatic carbocycles. The van der Waals surface area contributed by atoms with Crippen molar-refractivity contribution in [1.29, 1.82) is 0 Å². The highest BCUT2D eigenvalue weighted by Crippen LogP contribution is 2.31.